The smallest absolute Gasteiger partial charge is 0.313 e. The summed E-state index contributed by atoms with van der Waals surface area (Å²) in [5.41, 5.74) is 1.61. The second-order valence-corrected chi connectivity index (χ2v) is 5.39. The maximum absolute atomic E-state index is 13.5. The first-order valence-corrected chi connectivity index (χ1v) is 7.58. The molecule has 0 saturated heterocycles. The highest BCUT2D eigenvalue weighted by atomic mass is 19.1. The van der Waals surface area contributed by atoms with Gasteiger partial charge in [-0.15, -0.1) is 0 Å². The van der Waals surface area contributed by atoms with Gasteiger partial charge in [0.25, 0.3) is 0 Å². The molecule has 0 spiro atoms. The summed E-state index contributed by atoms with van der Waals surface area (Å²) in [6.45, 7) is 9.69. The van der Waals surface area contributed by atoms with Gasteiger partial charge in [0.05, 0.1) is 5.92 Å². The standard InChI is InChI=1S/C18H25FO2/c1-5-7-13(3)8-11-16(6-2)21-18(20)15-10-9-14(4)17(19)12-15/h8-9,11-12,15-16H,3,5-7,10H2,1-2,4H3/b11-8-/t15?,16-/m0/s1. The third kappa shape index (κ3) is 5.70. The number of carbonyl (C=O) groups is 1. The van der Waals surface area contributed by atoms with E-state index < -0.39 is 5.92 Å². The lowest BCUT2D eigenvalue weighted by atomic mass is 9.96. The zero-order chi connectivity index (χ0) is 15.8. The summed E-state index contributed by atoms with van der Waals surface area (Å²) in [4.78, 5) is 12.1. The molecule has 0 aromatic heterocycles. The van der Waals surface area contributed by atoms with E-state index in [0.29, 0.717) is 18.4 Å². The maximum atomic E-state index is 13.5. The Morgan fingerprint density at radius 1 is 1.57 bits per heavy atom. The van der Waals surface area contributed by atoms with Crippen molar-refractivity contribution in [3.63, 3.8) is 0 Å². The van der Waals surface area contributed by atoms with Crippen molar-refractivity contribution >= 4 is 5.97 Å². The molecule has 0 radical (unpaired) electrons. The number of ether oxygens (including phenoxy) is 1. The minimum Gasteiger partial charge on any atom is -0.458 e. The van der Waals surface area contributed by atoms with Crippen molar-refractivity contribution in [3.8, 4) is 0 Å². The third-order valence-corrected chi connectivity index (χ3v) is 3.49. The molecule has 0 aliphatic heterocycles. The highest BCUT2D eigenvalue weighted by Gasteiger charge is 2.23. The maximum Gasteiger partial charge on any atom is 0.313 e. The van der Waals surface area contributed by atoms with E-state index in [1.807, 2.05) is 19.1 Å². The molecule has 1 aliphatic carbocycles. The van der Waals surface area contributed by atoms with Crippen molar-refractivity contribution in [2.75, 3.05) is 0 Å². The molecule has 0 bridgehead atoms. The molecule has 0 fully saturated rings. The fraction of sp³-hybridized carbons (Fsp3) is 0.500. The molecule has 0 amide bonds. The molecule has 116 valence electrons. The van der Waals surface area contributed by atoms with Crippen molar-refractivity contribution in [2.24, 2.45) is 5.92 Å². The quantitative estimate of drug-likeness (QED) is 0.485. The summed E-state index contributed by atoms with van der Waals surface area (Å²) in [5.74, 6) is -1.22. The first-order chi connectivity index (χ1) is 9.97. The summed E-state index contributed by atoms with van der Waals surface area (Å²) >= 11 is 0. The Morgan fingerprint density at radius 2 is 2.29 bits per heavy atom. The lowest BCUT2D eigenvalue weighted by molar-refractivity contribution is -0.150. The molecule has 0 aromatic rings. The van der Waals surface area contributed by atoms with Crippen molar-refractivity contribution in [2.45, 2.75) is 52.6 Å². The van der Waals surface area contributed by atoms with Crippen LogP contribution in [0.4, 0.5) is 4.39 Å². The zero-order valence-electron chi connectivity index (χ0n) is 13.2. The van der Waals surface area contributed by atoms with E-state index in [1.165, 1.54) is 6.08 Å². The minimum atomic E-state index is -0.519. The third-order valence-electron chi connectivity index (χ3n) is 3.49. The van der Waals surface area contributed by atoms with Gasteiger partial charge < -0.3 is 4.74 Å². The number of hydrogen-bond donors (Lipinski definition) is 0. The minimum absolute atomic E-state index is 0.283. The Labute approximate surface area is 127 Å². The van der Waals surface area contributed by atoms with Gasteiger partial charge in [0.1, 0.15) is 11.9 Å². The van der Waals surface area contributed by atoms with Crippen LogP contribution in [0.1, 0.15) is 46.5 Å². The average Bonchev–Trinajstić information content (AvgIpc) is 2.46. The summed E-state index contributed by atoms with van der Waals surface area (Å²) < 4.78 is 18.9. The van der Waals surface area contributed by atoms with Gasteiger partial charge in [-0.2, -0.15) is 0 Å². The Morgan fingerprint density at radius 3 is 2.86 bits per heavy atom. The Balaban J connectivity index is 2.58. The van der Waals surface area contributed by atoms with Crippen molar-refractivity contribution in [1.29, 1.82) is 0 Å². The summed E-state index contributed by atoms with van der Waals surface area (Å²) in [6.07, 6.45) is 9.74. The van der Waals surface area contributed by atoms with Gasteiger partial charge in [0.2, 0.25) is 0 Å². The van der Waals surface area contributed by atoms with Crippen LogP contribution in [-0.2, 0) is 9.53 Å². The number of rotatable bonds is 7. The summed E-state index contributed by atoms with van der Waals surface area (Å²) in [7, 11) is 0. The van der Waals surface area contributed by atoms with Gasteiger partial charge in [-0.3, -0.25) is 4.79 Å². The normalized spacial score (nSPS) is 19.9. The van der Waals surface area contributed by atoms with E-state index in [-0.39, 0.29) is 17.9 Å². The number of allylic oxidation sites excluding steroid dienone is 5. The molecule has 2 atom stereocenters. The fourth-order valence-electron chi connectivity index (χ4n) is 2.08. The molecule has 21 heavy (non-hydrogen) atoms. The predicted molar refractivity (Wildman–Crippen MR) is 84.4 cm³/mol. The van der Waals surface area contributed by atoms with Crippen LogP contribution in [0.2, 0.25) is 0 Å². The number of esters is 1. The topological polar surface area (TPSA) is 26.3 Å². The van der Waals surface area contributed by atoms with Crippen LogP contribution >= 0.6 is 0 Å². The highest BCUT2D eigenvalue weighted by Crippen LogP contribution is 2.25. The molecule has 0 saturated carbocycles. The molecule has 0 aromatic carbocycles. The zero-order valence-corrected chi connectivity index (χ0v) is 13.2. The molecule has 0 N–H and O–H groups in total. The lowest BCUT2D eigenvalue weighted by Gasteiger charge is -2.19. The van der Waals surface area contributed by atoms with E-state index in [9.17, 15) is 9.18 Å². The molecule has 1 unspecified atom stereocenters. The van der Waals surface area contributed by atoms with Gasteiger partial charge in [0.15, 0.2) is 0 Å². The van der Waals surface area contributed by atoms with Crippen LogP contribution in [0.5, 0.6) is 0 Å². The molecule has 0 heterocycles. The van der Waals surface area contributed by atoms with Crippen molar-refractivity contribution < 1.29 is 13.9 Å². The Hall–Kier alpha value is -1.64. The van der Waals surface area contributed by atoms with Crippen LogP contribution in [0.15, 0.2) is 47.9 Å². The molecule has 2 nitrogen and oxygen atoms in total. The van der Waals surface area contributed by atoms with Crippen LogP contribution in [0.25, 0.3) is 0 Å². The van der Waals surface area contributed by atoms with Gasteiger partial charge in [-0.05, 0) is 43.9 Å². The van der Waals surface area contributed by atoms with Crippen molar-refractivity contribution in [1.82, 2.24) is 0 Å². The van der Waals surface area contributed by atoms with Gasteiger partial charge in [-0.1, -0.05) is 44.6 Å². The largest absolute Gasteiger partial charge is 0.458 e. The Kier molecular flexibility index (Phi) is 7.13. The van der Waals surface area contributed by atoms with E-state index in [4.69, 9.17) is 4.74 Å². The first kappa shape index (κ1) is 17.4. The average molecular weight is 292 g/mol. The second-order valence-electron chi connectivity index (χ2n) is 5.39. The summed E-state index contributed by atoms with van der Waals surface area (Å²) in [6, 6.07) is 0. The predicted octanol–water partition coefficient (Wildman–Crippen LogP) is 5.04. The monoisotopic (exact) mass is 292 g/mol. The van der Waals surface area contributed by atoms with Gasteiger partial charge >= 0.3 is 5.97 Å². The van der Waals surface area contributed by atoms with Crippen LogP contribution in [0, 0.1) is 5.92 Å². The van der Waals surface area contributed by atoms with Crippen LogP contribution < -0.4 is 0 Å². The summed E-state index contributed by atoms with van der Waals surface area (Å²) in [5, 5.41) is 0. The van der Waals surface area contributed by atoms with E-state index in [2.05, 4.69) is 13.5 Å². The Bertz CT molecular complexity index is 472. The number of hydrogen-bond acceptors (Lipinski definition) is 2. The van der Waals surface area contributed by atoms with Crippen LogP contribution in [0.3, 0.4) is 0 Å². The van der Waals surface area contributed by atoms with Crippen LogP contribution in [-0.4, -0.2) is 12.1 Å². The van der Waals surface area contributed by atoms with E-state index in [0.717, 1.165) is 18.4 Å². The van der Waals surface area contributed by atoms with E-state index in [1.54, 1.807) is 13.0 Å². The molecule has 3 heteroatoms. The van der Waals surface area contributed by atoms with Gasteiger partial charge in [0, 0.05) is 0 Å². The second kappa shape index (κ2) is 8.60. The van der Waals surface area contributed by atoms with Gasteiger partial charge in [-0.25, -0.2) is 4.39 Å². The molecular formula is C18H25FO2. The number of carbonyl (C=O) groups excluding carboxylic acids is 1. The lowest BCUT2D eigenvalue weighted by Crippen LogP contribution is -2.22. The SMILES string of the molecule is C=C(/C=C\[C@H](CC)OC(=O)C1C=C(F)C(C)=CC1)CCC. The number of halogens is 1. The highest BCUT2D eigenvalue weighted by molar-refractivity contribution is 5.75. The first-order valence-electron chi connectivity index (χ1n) is 7.58. The molecular weight excluding hydrogens is 267 g/mol. The molecule has 1 rings (SSSR count). The van der Waals surface area contributed by atoms with Crippen molar-refractivity contribution in [3.05, 3.63) is 47.9 Å². The van der Waals surface area contributed by atoms with E-state index >= 15 is 0 Å². The fourth-order valence-corrected chi connectivity index (χ4v) is 2.08. The molecule has 1 aliphatic rings.